The zero-order valence-corrected chi connectivity index (χ0v) is 21.0. The molecular weight excluding hydrogens is 496 g/mol. The number of methoxy groups -OCH3 is 1. The van der Waals surface area contributed by atoms with Gasteiger partial charge in [0.05, 0.1) is 34.2 Å². The molecule has 0 radical (unpaired) electrons. The maximum Gasteiger partial charge on any atom is 0.348 e. The van der Waals surface area contributed by atoms with E-state index in [9.17, 15) is 23.3 Å². The van der Waals surface area contributed by atoms with Crippen LogP contribution in [0.3, 0.4) is 0 Å². The van der Waals surface area contributed by atoms with Crippen LogP contribution in [0.5, 0.6) is 5.75 Å². The van der Waals surface area contributed by atoms with Crippen molar-refractivity contribution in [2.45, 2.75) is 38.0 Å². The Hall–Kier alpha value is -2.96. The van der Waals surface area contributed by atoms with Crippen LogP contribution in [-0.2, 0) is 19.0 Å². The lowest BCUT2D eigenvalue weighted by Gasteiger charge is -2.23. The summed E-state index contributed by atoms with van der Waals surface area (Å²) >= 11 is 1.34. The summed E-state index contributed by atoms with van der Waals surface area (Å²) in [6.45, 7) is -0.465. The molecule has 3 aromatic rings. The Labute approximate surface area is 206 Å². The molecule has 0 amide bonds. The molecule has 4 rings (SSSR count). The number of hydrogen-bond acceptors (Lipinski definition) is 9. The van der Waals surface area contributed by atoms with Crippen molar-refractivity contribution in [3.63, 3.8) is 0 Å². The molecule has 12 heteroatoms. The average molecular weight is 523 g/mol. The van der Waals surface area contributed by atoms with Crippen LogP contribution < -0.4 is 4.74 Å². The monoisotopic (exact) mass is 522 g/mol. The number of aromatic amines is 1. The van der Waals surface area contributed by atoms with E-state index in [4.69, 9.17) is 13.7 Å². The summed E-state index contributed by atoms with van der Waals surface area (Å²) in [6, 6.07) is 6.41. The SMILES string of the molecule is COC(=O)c1cc2[nH]c(-c3cccc([N+](=O)[O-])c3OCCOS(C)(=O)=O)c(C3CCCCC3)c2s1. The molecule has 35 heavy (non-hydrogen) atoms. The quantitative estimate of drug-likeness (QED) is 0.136. The predicted octanol–water partition coefficient (Wildman–Crippen LogP) is 4.99. The fourth-order valence-electron chi connectivity index (χ4n) is 4.54. The van der Waals surface area contributed by atoms with Crippen molar-refractivity contribution in [2.75, 3.05) is 26.6 Å². The minimum absolute atomic E-state index is 0.0359. The zero-order chi connectivity index (χ0) is 25.2. The van der Waals surface area contributed by atoms with Gasteiger partial charge in [0.25, 0.3) is 10.1 Å². The Morgan fingerprint density at radius 2 is 1.97 bits per heavy atom. The molecule has 0 unspecified atom stereocenters. The number of nitro benzene ring substituents is 1. The molecule has 188 valence electrons. The molecule has 1 aliphatic rings. The average Bonchev–Trinajstić information content (AvgIpc) is 3.39. The molecule has 2 aromatic heterocycles. The number of ether oxygens (including phenoxy) is 2. The van der Waals surface area contributed by atoms with Gasteiger partial charge < -0.3 is 14.5 Å². The Bertz CT molecular complexity index is 1350. The number of nitrogens with one attached hydrogen (secondary N) is 1. The lowest BCUT2D eigenvalue weighted by molar-refractivity contribution is -0.385. The lowest BCUT2D eigenvalue weighted by atomic mass is 9.83. The van der Waals surface area contributed by atoms with Gasteiger partial charge in [-0.25, -0.2) is 4.79 Å². The Morgan fingerprint density at radius 1 is 1.23 bits per heavy atom. The van der Waals surface area contributed by atoms with Crippen molar-refractivity contribution < 1.29 is 31.8 Å². The van der Waals surface area contributed by atoms with Crippen molar-refractivity contribution in [1.29, 1.82) is 0 Å². The number of carbonyl (C=O) groups is 1. The summed E-state index contributed by atoms with van der Waals surface area (Å²) < 4.78 is 38.8. The molecule has 1 saturated carbocycles. The standard InChI is InChI=1S/C23H26N2O8S2/c1-31-23(26)18-13-16-22(34-18)19(14-7-4-3-5-8-14)20(24-16)15-9-6-10-17(25(27)28)21(15)32-11-12-33-35(2,29)30/h6,9-10,13-14,24H,3-5,7-8,11-12H2,1-2H3. The highest BCUT2D eigenvalue weighted by molar-refractivity contribution is 7.85. The molecule has 1 aliphatic carbocycles. The summed E-state index contributed by atoms with van der Waals surface area (Å²) in [5, 5.41) is 11.8. The van der Waals surface area contributed by atoms with Gasteiger partial charge in [-0.05, 0) is 36.5 Å². The highest BCUT2D eigenvalue weighted by atomic mass is 32.2. The van der Waals surface area contributed by atoms with Crippen LogP contribution in [0, 0.1) is 10.1 Å². The molecule has 0 bridgehead atoms. The maximum absolute atomic E-state index is 12.1. The van der Waals surface area contributed by atoms with Crippen molar-refractivity contribution in [1.82, 2.24) is 4.98 Å². The largest absolute Gasteiger partial charge is 0.484 e. The fourth-order valence-corrected chi connectivity index (χ4v) is 6.07. The number of nitrogens with zero attached hydrogens (tertiary/aromatic N) is 1. The van der Waals surface area contributed by atoms with Crippen LogP contribution >= 0.6 is 11.3 Å². The van der Waals surface area contributed by atoms with E-state index in [1.165, 1.54) is 24.5 Å². The maximum atomic E-state index is 12.1. The smallest absolute Gasteiger partial charge is 0.348 e. The molecule has 0 spiro atoms. The van der Waals surface area contributed by atoms with Gasteiger partial charge in [-0.15, -0.1) is 11.3 Å². The molecule has 0 aliphatic heterocycles. The molecule has 1 N–H and O–H groups in total. The van der Waals surface area contributed by atoms with Gasteiger partial charge in [0, 0.05) is 11.6 Å². The van der Waals surface area contributed by atoms with Gasteiger partial charge in [-0.3, -0.25) is 14.3 Å². The highest BCUT2D eigenvalue weighted by Gasteiger charge is 2.29. The second-order valence-electron chi connectivity index (χ2n) is 8.38. The first-order chi connectivity index (χ1) is 16.7. The van der Waals surface area contributed by atoms with Crippen LogP contribution in [-0.4, -0.2) is 50.9 Å². The van der Waals surface area contributed by atoms with E-state index in [2.05, 4.69) is 4.98 Å². The van der Waals surface area contributed by atoms with Crippen molar-refractivity contribution in [3.05, 3.63) is 44.8 Å². The number of H-pyrrole nitrogens is 1. The van der Waals surface area contributed by atoms with Crippen LogP contribution in [0.25, 0.3) is 21.5 Å². The third-order valence-corrected chi connectivity index (χ3v) is 7.74. The van der Waals surface area contributed by atoms with Crippen LogP contribution in [0.1, 0.15) is 53.3 Å². The third-order valence-electron chi connectivity index (χ3n) is 5.99. The number of carbonyl (C=O) groups excluding carboxylic acids is 1. The summed E-state index contributed by atoms with van der Waals surface area (Å²) in [7, 11) is -2.33. The van der Waals surface area contributed by atoms with E-state index in [0.29, 0.717) is 16.1 Å². The zero-order valence-electron chi connectivity index (χ0n) is 19.4. The fraction of sp³-hybridized carbons (Fsp3) is 0.435. The summed E-state index contributed by atoms with van der Waals surface area (Å²) in [5.41, 5.74) is 2.74. The molecule has 10 nitrogen and oxygen atoms in total. The summed E-state index contributed by atoms with van der Waals surface area (Å²) in [4.78, 5) is 27.3. The van der Waals surface area contributed by atoms with Crippen LogP contribution in [0.4, 0.5) is 5.69 Å². The molecule has 2 heterocycles. The Balaban J connectivity index is 1.82. The number of para-hydroxylation sites is 1. The van der Waals surface area contributed by atoms with Gasteiger partial charge in [0.15, 0.2) is 0 Å². The minimum Gasteiger partial charge on any atom is -0.484 e. The molecular formula is C23H26N2O8S2. The summed E-state index contributed by atoms with van der Waals surface area (Å²) in [6.07, 6.45) is 6.18. The van der Waals surface area contributed by atoms with Gasteiger partial charge in [0.1, 0.15) is 18.1 Å². The van der Waals surface area contributed by atoms with E-state index in [-0.39, 0.29) is 30.6 Å². The Morgan fingerprint density at radius 3 is 2.63 bits per heavy atom. The number of esters is 1. The number of fused-ring (bicyclic) bond motifs is 1. The van der Waals surface area contributed by atoms with Gasteiger partial charge in [0.2, 0.25) is 5.75 Å². The van der Waals surface area contributed by atoms with Gasteiger partial charge in [-0.2, -0.15) is 8.42 Å². The third kappa shape index (κ3) is 5.49. The molecule has 0 saturated heterocycles. The number of nitro groups is 1. The van der Waals surface area contributed by atoms with Crippen molar-refractivity contribution >= 4 is 43.3 Å². The number of hydrogen-bond donors (Lipinski definition) is 1. The Kier molecular flexibility index (Phi) is 7.43. The van der Waals surface area contributed by atoms with E-state index in [1.807, 2.05) is 0 Å². The lowest BCUT2D eigenvalue weighted by Crippen LogP contribution is -2.12. The number of thiophene rings is 1. The minimum atomic E-state index is -3.67. The number of rotatable bonds is 9. The van der Waals surface area contributed by atoms with E-state index < -0.39 is 21.0 Å². The topological polar surface area (TPSA) is 138 Å². The van der Waals surface area contributed by atoms with Crippen LogP contribution in [0.2, 0.25) is 0 Å². The first kappa shape index (κ1) is 25.1. The van der Waals surface area contributed by atoms with Crippen molar-refractivity contribution in [3.8, 4) is 17.0 Å². The highest BCUT2D eigenvalue weighted by Crippen LogP contribution is 2.48. The first-order valence-electron chi connectivity index (χ1n) is 11.2. The number of aromatic nitrogens is 1. The number of benzene rings is 1. The molecule has 0 atom stereocenters. The van der Waals surface area contributed by atoms with E-state index in [1.54, 1.807) is 18.2 Å². The van der Waals surface area contributed by atoms with Gasteiger partial charge in [-0.1, -0.05) is 25.3 Å². The normalized spacial score (nSPS) is 14.8. The second-order valence-corrected chi connectivity index (χ2v) is 11.1. The van der Waals surface area contributed by atoms with E-state index in [0.717, 1.165) is 54.1 Å². The molecule has 1 aromatic carbocycles. The van der Waals surface area contributed by atoms with Gasteiger partial charge >= 0.3 is 11.7 Å². The summed E-state index contributed by atoms with van der Waals surface area (Å²) in [5.74, 6) is -0.160. The van der Waals surface area contributed by atoms with Crippen LogP contribution in [0.15, 0.2) is 24.3 Å². The predicted molar refractivity (Wildman–Crippen MR) is 132 cm³/mol. The van der Waals surface area contributed by atoms with Crippen molar-refractivity contribution in [2.24, 2.45) is 0 Å². The van der Waals surface area contributed by atoms with E-state index >= 15 is 0 Å². The second kappa shape index (κ2) is 10.3. The first-order valence-corrected chi connectivity index (χ1v) is 13.8. The molecule has 1 fully saturated rings.